The molecule has 4 heteroatoms. The fourth-order valence-corrected chi connectivity index (χ4v) is 3.87. The fourth-order valence-electron chi connectivity index (χ4n) is 3.87. The van der Waals surface area contributed by atoms with Crippen LogP contribution in [0.15, 0.2) is 42.5 Å². The van der Waals surface area contributed by atoms with Gasteiger partial charge in [0.1, 0.15) is 11.6 Å². The fraction of sp³-hybridized carbons (Fsp3) is 0.400. The van der Waals surface area contributed by atoms with E-state index in [9.17, 15) is 9.50 Å². The van der Waals surface area contributed by atoms with Crippen LogP contribution in [-0.2, 0) is 12.8 Å². The predicted octanol–water partition coefficient (Wildman–Crippen LogP) is 4.61. The Morgan fingerprint density at radius 3 is 2.67 bits per heavy atom. The third-order valence-corrected chi connectivity index (χ3v) is 4.93. The molecule has 0 amide bonds. The molecule has 0 saturated carbocycles. The zero-order valence-electron chi connectivity index (χ0n) is 14.0. The predicted molar refractivity (Wildman–Crippen MR) is 102 cm³/mol. The lowest BCUT2D eigenvalue weighted by molar-refractivity contribution is 0.364. The highest BCUT2D eigenvalue weighted by Crippen LogP contribution is 2.39. The van der Waals surface area contributed by atoms with Crippen LogP contribution in [-0.4, -0.2) is 18.7 Å². The third-order valence-electron chi connectivity index (χ3n) is 4.93. The molecular formula is C20H25BrFNO. The van der Waals surface area contributed by atoms with Crippen LogP contribution in [0.25, 0.3) is 0 Å². The van der Waals surface area contributed by atoms with Crippen molar-refractivity contribution in [3.05, 3.63) is 65.0 Å². The van der Waals surface area contributed by atoms with E-state index in [0.717, 1.165) is 25.8 Å². The van der Waals surface area contributed by atoms with Crippen LogP contribution in [0.5, 0.6) is 5.75 Å². The number of hydrogen-bond acceptors (Lipinski definition) is 2. The zero-order chi connectivity index (χ0) is 16.2. The molecule has 0 spiro atoms. The molecule has 0 aliphatic heterocycles. The summed E-state index contributed by atoms with van der Waals surface area (Å²) in [5.74, 6) is 1.12. The van der Waals surface area contributed by atoms with Gasteiger partial charge in [0.05, 0.1) is 0 Å². The van der Waals surface area contributed by atoms with Gasteiger partial charge >= 0.3 is 0 Å². The van der Waals surface area contributed by atoms with E-state index in [2.05, 4.69) is 11.4 Å². The van der Waals surface area contributed by atoms with Crippen molar-refractivity contribution in [2.75, 3.05) is 13.6 Å². The third kappa shape index (κ3) is 4.37. The van der Waals surface area contributed by atoms with Crippen molar-refractivity contribution in [3.63, 3.8) is 0 Å². The Morgan fingerprint density at radius 1 is 1.21 bits per heavy atom. The van der Waals surface area contributed by atoms with Crippen LogP contribution in [0.3, 0.4) is 0 Å². The molecule has 2 nitrogen and oxygen atoms in total. The standard InChI is InChI=1S/C20H24FNO.BrH/c1-22-13-16(11-14-5-7-17(21)8-6-14)19-4-2-3-15-12-18(23)9-10-20(15)19;/h5-10,12,16,19,22-23H,2-4,11,13H2,1H3;1H. The molecule has 2 N–H and O–H groups in total. The normalized spacial score (nSPS) is 17.7. The second-order valence-corrected chi connectivity index (χ2v) is 6.53. The highest BCUT2D eigenvalue weighted by Gasteiger charge is 2.27. The zero-order valence-corrected chi connectivity index (χ0v) is 15.7. The van der Waals surface area contributed by atoms with Crippen LogP contribution >= 0.6 is 17.0 Å². The van der Waals surface area contributed by atoms with Crippen molar-refractivity contribution >= 4 is 17.0 Å². The largest absolute Gasteiger partial charge is 0.508 e. The van der Waals surface area contributed by atoms with Gasteiger partial charge in [-0.15, -0.1) is 17.0 Å². The molecule has 2 aromatic rings. The molecule has 24 heavy (non-hydrogen) atoms. The number of nitrogens with one attached hydrogen (secondary N) is 1. The van der Waals surface area contributed by atoms with E-state index in [1.54, 1.807) is 18.2 Å². The highest BCUT2D eigenvalue weighted by atomic mass is 79.9. The van der Waals surface area contributed by atoms with Gasteiger partial charge in [0, 0.05) is 0 Å². The Hall–Kier alpha value is -1.39. The second kappa shape index (κ2) is 8.63. The number of aryl methyl sites for hydroxylation is 1. The minimum absolute atomic E-state index is 0. The van der Waals surface area contributed by atoms with Crippen molar-refractivity contribution < 1.29 is 9.50 Å². The monoisotopic (exact) mass is 393 g/mol. The van der Waals surface area contributed by atoms with E-state index in [0.29, 0.717) is 17.6 Å². The molecule has 1 aliphatic carbocycles. The number of aromatic hydroxyl groups is 1. The van der Waals surface area contributed by atoms with E-state index in [1.165, 1.54) is 23.1 Å². The second-order valence-electron chi connectivity index (χ2n) is 6.53. The van der Waals surface area contributed by atoms with Crippen molar-refractivity contribution in [3.8, 4) is 5.75 Å². The summed E-state index contributed by atoms with van der Waals surface area (Å²) in [5.41, 5.74) is 3.83. The minimum Gasteiger partial charge on any atom is -0.508 e. The first kappa shape index (κ1) is 18.9. The first-order valence-electron chi connectivity index (χ1n) is 8.38. The summed E-state index contributed by atoms with van der Waals surface area (Å²) < 4.78 is 13.1. The maximum atomic E-state index is 13.1. The number of benzene rings is 2. The first-order valence-corrected chi connectivity index (χ1v) is 8.38. The molecule has 0 radical (unpaired) electrons. The van der Waals surface area contributed by atoms with Gasteiger partial charge in [-0.25, -0.2) is 4.39 Å². The molecule has 0 bridgehead atoms. The maximum absolute atomic E-state index is 13.1. The summed E-state index contributed by atoms with van der Waals surface area (Å²) in [6.45, 7) is 0.933. The minimum atomic E-state index is -0.183. The van der Waals surface area contributed by atoms with Crippen molar-refractivity contribution in [1.82, 2.24) is 5.32 Å². The summed E-state index contributed by atoms with van der Waals surface area (Å²) in [5, 5.41) is 13.0. The summed E-state index contributed by atoms with van der Waals surface area (Å²) >= 11 is 0. The quantitative estimate of drug-likeness (QED) is 0.777. The summed E-state index contributed by atoms with van der Waals surface area (Å²) in [6, 6.07) is 12.7. The molecule has 0 saturated heterocycles. The molecule has 2 atom stereocenters. The Morgan fingerprint density at radius 2 is 1.96 bits per heavy atom. The molecule has 0 aromatic heterocycles. The lowest BCUT2D eigenvalue weighted by Crippen LogP contribution is -2.29. The molecule has 0 fully saturated rings. The van der Waals surface area contributed by atoms with E-state index in [1.807, 2.05) is 25.2 Å². The van der Waals surface area contributed by atoms with Gasteiger partial charge in [-0.1, -0.05) is 18.2 Å². The Balaban J connectivity index is 0.00000208. The van der Waals surface area contributed by atoms with E-state index in [-0.39, 0.29) is 22.8 Å². The van der Waals surface area contributed by atoms with E-state index in [4.69, 9.17) is 0 Å². The van der Waals surface area contributed by atoms with Crippen LogP contribution < -0.4 is 5.32 Å². The van der Waals surface area contributed by atoms with Crippen LogP contribution in [0.4, 0.5) is 4.39 Å². The van der Waals surface area contributed by atoms with Crippen LogP contribution in [0.2, 0.25) is 0 Å². The number of hydrogen-bond donors (Lipinski definition) is 2. The lowest BCUT2D eigenvalue weighted by Gasteiger charge is -2.33. The molecule has 3 rings (SSSR count). The summed E-state index contributed by atoms with van der Waals surface area (Å²) in [6.07, 6.45) is 4.31. The van der Waals surface area contributed by atoms with Gasteiger partial charge < -0.3 is 10.4 Å². The van der Waals surface area contributed by atoms with Crippen molar-refractivity contribution in [2.45, 2.75) is 31.6 Å². The van der Waals surface area contributed by atoms with Crippen molar-refractivity contribution in [2.24, 2.45) is 5.92 Å². The van der Waals surface area contributed by atoms with Gasteiger partial charge in [0.2, 0.25) is 0 Å². The van der Waals surface area contributed by atoms with Gasteiger partial charge in [-0.2, -0.15) is 0 Å². The van der Waals surface area contributed by atoms with Gasteiger partial charge in [-0.3, -0.25) is 0 Å². The van der Waals surface area contributed by atoms with E-state index >= 15 is 0 Å². The number of phenols is 1. The van der Waals surface area contributed by atoms with Gasteiger partial charge in [0.25, 0.3) is 0 Å². The smallest absolute Gasteiger partial charge is 0.123 e. The number of halogens is 2. The van der Waals surface area contributed by atoms with Crippen LogP contribution in [0.1, 0.15) is 35.4 Å². The average Bonchev–Trinajstić information content (AvgIpc) is 2.55. The molecule has 2 unspecified atom stereocenters. The first-order chi connectivity index (χ1) is 11.2. The summed E-state index contributed by atoms with van der Waals surface area (Å²) in [7, 11) is 1.98. The lowest BCUT2D eigenvalue weighted by atomic mass is 9.73. The summed E-state index contributed by atoms with van der Waals surface area (Å²) in [4.78, 5) is 0. The maximum Gasteiger partial charge on any atom is 0.123 e. The Kier molecular flexibility index (Phi) is 6.81. The molecular weight excluding hydrogens is 369 g/mol. The average molecular weight is 394 g/mol. The molecule has 2 aromatic carbocycles. The van der Waals surface area contributed by atoms with Crippen LogP contribution in [0, 0.1) is 11.7 Å². The van der Waals surface area contributed by atoms with Gasteiger partial charge in [-0.05, 0) is 92.1 Å². The number of phenolic OH excluding ortho intramolecular Hbond substituents is 1. The molecule has 130 valence electrons. The topological polar surface area (TPSA) is 32.3 Å². The Labute approximate surface area is 153 Å². The van der Waals surface area contributed by atoms with Gasteiger partial charge in [0.15, 0.2) is 0 Å². The SMILES string of the molecule is Br.CNCC(Cc1ccc(F)cc1)C1CCCc2cc(O)ccc21. The molecule has 1 aliphatic rings. The van der Waals surface area contributed by atoms with E-state index < -0.39 is 0 Å². The number of rotatable bonds is 5. The Bertz CT molecular complexity index is 659. The number of fused-ring (bicyclic) bond motifs is 1. The van der Waals surface area contributed by atoms with Crippen molar-refractivity contribution in [1.29, 1.82) is 0 Å². The molecule has 0 heterocycles. The highest BCUT2D eigenvalue weighted by molar-refractivity contribution is 8.93.